The number of methoxy groups -OCH3 is 1. The maximum atomic E-state index is 12.3. The molecule has 3 rings (SSSR count). The van der Waals surface area contributed by atoms with Gasteiger partial charge in [0.2, 0.25) is 0 Å². The number of fused-ring (bicyclic) bond motifs is 1. The molecule has 0 bridgehead atoms. The van der Waals surface area contributed by atoms with E-state index in [-0.39, 0.29) is 22.8 Å². The summed E-state index contributed by atoms with van der Waals surface area (Å²) in [4.78, 5) is 23.9. The van der Waals surface area contributed by atoms with Crippen LogP contribution in [0, 0.1) is 6.92 Å². The molecule has 1 aromatic heterocycles. The Morgan fingerprint density at radius 2 is 1.96 bits per heavy atom. The molecule has 1 amide bonds. The zero-order chi connectivity index (χ0) is 17.3. The van der Waals surface area contributed by atoms with Crippen molar-refractivity contribution < 1.29 is 23.8 Å². The van der Waals surface area contributed by atoms with E-state index in [9.17, 15) is 14.7 Å². The van der Waals surface area contributed by atoms with Crippen LogP contribution in [0.4, 0.5) is 5.69 Å². The number of nitrogens with one attached hydrogen (secondary N) is 1. The van der Waals surface area contributed by atoms with Crippen molar-refractivity contribution in [2.75, 3.05) is 12.4 Å². The van der Waals surface area contributed by atoms with Crippen LogP contribution in [-0.2, 0) is 4.74 Å². The fourth-order valence-electron chi connectivity index (χ4n) is 2.38. The van der Waals surface area contributed by atoms with E-state index in [4.69, 9.17) is 4.42 Å². The summed E-state index contributed by atoms with van der Waals surface area (Å²) >= 11 is 0. The third-order valence-corrected chi connectivity index (χ3v) is 3.59. The second kappa shape index (κ2) is 6.08. The van der Waals surface area contributed by atoms with Crippen molar-refractivity contribution in [1.29, 1.82) is 0 Å². The number of phenolic OH excluding ortho intramolecular Hbond substituents is 1. The molecule has 2 N–H and O–H groups in total. The van der Waals surface area contributed by atoms with Gasteiger partial charge in [-0.15, -0.1) is 0 Å². The Hall–Kier alpha value is -3.28. The molecular weight excluding hydrogens is 310 g/mol. The summed E-state index contributed by atoms with van der Waals surface area (Å²) in [6, 6.07) is 11.6. The molecule has 0 fully saturated rings. The molecule has 0 saturated heterocycles. The van der Waals surface area contributed by atoms with Crippen LogP contribution in [0.1, 0.15) is 26.5 Å². The van der Waals surface area contributed by atoms with Gasteiger partial charge in [0.25, 0.3) is 5.91 Å². The van der Waals surface area contributed by atoms with Crippen molar-refractivity contribution in [3.63, 3.8) is 0 Å². The number of esters is 1. The number of ether oxygens (including phenoxy) is 1. The number of anilines is 1. The Kier molecular flexibility index (Phi) is 3.95. The molecule has 0 aliphatic rings. The van der Waals surface area contributed by atoms with Crippen LogP contribution in [-0.4, -0.2) is 24.1 Å². The summed E-state index contributed by atoms with van der Waals surface area (Å²) in [5.41, 5.74) is 1.71. The first kappa shape index (κ1) is 15.6. The van der Waals surface area contributed by atoms with Crippen molar-refractivity contribution in [2.45, 2.75) is 6.92 Å². The van der Waals surface area contributed by atoms with Crippen molar-refractivity contribution in [3.05, 3.63) is 59.4 Å². The minimum Gasteiger partial charge on any atom is -0.505 e. The van der Waals surface area contributed by atoms with Gasteiger partial charge in [-0.3, -0.25) is 4.79 Å². The van der Waals surface area contributed by atoms with Crippen LogP contribution in [0.2, 0.25) is 0 Å². The maximum absolute atomic E-state index is 12.3. The molecule has 0 unspecified atom stereocenters. The number of carbonyl (C=O) groups excluding carboxylic acids is 2. The second-order valence-electron chi connectivity index (χ2n) is 5.30. The Labute approximate surface area is 137 Å². The van der Waals surface area contributed by atoms with Gasteiger partial charge in [0.05, 0.1) is 12.8 Å². The standard InChI is InChI=1S/C18H15NO5/c1-10-6-7-14-11(8-10)9-15(24-14)17(21)19-13-5-3-4-12(16(13)20)18(22)23-2/h3-9,20H,1-2H3,(H,19,21). The number of amides is 1. The van der Waals surface area contributed by atoms with Crippen LogP contribution < -0.4 is 5.32 Å². The highest BCUT2D eigenvalue weighted by Gasteiger charge is 2.18. The normalized spacial score (nSPS) is 10.6. The van der Waals surface area contributed by atoms with Gasteiger partial charge in [-0.05, 0) is 37.3 Å². The first-order valence-electron chi connectivity index (χ1n) is 7.21. The van der Waals surface area contributed by atoms with Gasteiger partial charge in [-0.25, -0.2) is 4.79 Å². The van der Waals surface area contributed by atoms with E-state index in [0.717, 1.165) is 10.9 Å². The summed E-state index contributed by atoms with van der Waals surface area (Å²) < 4.78 is 10.1. The van der Waals surface area contributed by atoms with Gasteiger partial charge in [-0.2, -0.15) is 0 Å². The number of para-hydroxylation sites is 1. The predicted molar refractivity (Wildman–Crippen MR) is 88.4 cm³/mol. The van der Waals surface area contributed by atoms with Crippen molar-refractivity contribution in [2.24, 2.45) is 0 Å². The molecule has 122 valence electrons. The third kappa shape index (κ3) is 2.81. The monoisotopic (exact) mass is 325 g/mol. The lowest BCUT2D eigenvalue weighted by atomic mass is 10.1. The van der Waals surface area contributed by atoms with E-state index in [1.54, 1.807) is 12.1 Å². The van der Waals surface area contributed by atoms with Gasteiger partial charge in [-0.1, -0.05) is 17.7 Å². The molecule has 6 nitrogen and oxygen atoms in total. The van der Waals surface area contributed by atoms with E-state index in [1.165, 1.54) is 25.3 Å². The lowest BCUT2D eigenvalue weighted by Crippen LogP contribution is -2.12. The largest absolute Gasteiger partial charge is 0.505 e. The van der Waals surface area contributed by atoms with Gasteiger partial charge in [0.1, 0.15) is 11.1 Å². The molecule has 2 aromatic carbocycles. The Bertz CT molecular complexity index is 942. The smallest absolute Gasteiger partial charge is 0.341 e. The van der Waals surface area contributed by atoms with E-state index in [2.05, 4.69) is 10.1 Å². The second-order valence-corrected chi connectivity index (χ2v) is 5.30. The summed E-state index contributed by atoms with van der Waals surface area (Å²) in [5, 5.41) is 13.5. The van der Waals surface area contributed by atoms with Crippen molar-refractivity contribution in [3.8, 4) is 5.75 Å². The summed E-state index contributed by atoms with van der Waals surface area (Å²) in [6.07, 6.45) is 0. The van der Waals surface area contributed by atoms with Gasteiger partial charge < -0.3 is 19.6 Å². The molecule has 0 spiro atoms. The van der Waals surface area contributed by atoms with Gasteiger partial charge in [0, 0.05) is 5.39 Å². The third-order valence-electron chi connectivity index (χ3n) is 3.59. The number of aromatic hydroxyl groups is 1. The molecule has 3 aromatic rings. The minimum absolute atomic E-state index is 0.0319. The molecule has 0 aliphatic heterocycles. The van der Waals surface area contributed by atoms with Crippen LogP contribution in [0.25, 0.3) is 11.0 Å². The molecule has 0 aliphatic carbocycles. The van der Waals surface area contributed by atoms with E-state index >= 15 is 0 Å². The predicted octanol–water partition coefficient (Wildman–Crippen LogP) is 3.49. The average Bonchev–Trinajstić information content (AvgIpc) is 2.99. The Morgan fingerprint density at radius 1 is 1.17 bits per heavy atom. The number of carbonyl (C=O) groups is 2. The minimum atomic E-state index is -0.692. The van der Waals surface area contributed by atoms with E-state index in [1.807, 2.05) is 19.1 Å². The van der Waals surface area contributed by atoms with Crippen LogP contribution in [0.3, 0.4) is 0 Å². The molecular formula is C18H15NO5. The zero-order valence-corrected chi connectivity index (χ0v) is 13.1. The number of phenols is 1. The van der Waals surface area contributed by atoms with Crippen LogP contribution >= 0.6 is 0 Å². The number of furan rings is 1. The fourth-order valence-corrected chi connectivity index (χ4v) is 2.38. The molecule has 0 saturated carbocycles. The number of hydrogen-bond donors (Lipinski definition) is 2. The molecule has 24 heavy (non-hydrogen) atoms. The van der Waals surface area contributed by atoms with Crippen molar-refractivity contribution in [1.82, 2.24) is 0 Å². The van der Waals surface area contributed by atoms with E-state index in [0.29, 0.717) is 5.58 Å². The Morgan fingerprint density at radius 3 is 2.71 bits per heavy atom. The summed E-state index contributed by atoms with van der Waals surface area (Å²) in [5.74, 6) is -1.47. The maximum Gasteiger partial charge on any atom is 0.341 e. The number of hydrogen-bond acceptors (Lipinski definition) is 5. The lowest BCUT2D eigenvalue weighted by molar-refractivity contribution is 0.0597. The summed E-state index contributed by atoms with van der Waals surface area (Å²) in [7, 11) is 1.21. The Balaban J connectivity index is 1.90. The molecule has 0 atom stereocenters. The summed E-state index contributed by atoms with van der Waals surface area (Å²) in [6.45, 7) is 1.95. The zero-order valence-electron chi connectivity index (χ0n) is 13.1. The molecule has 1 heterocycles. The van der Waals surface area contributed by atoms with E-state index < -0.39 is 11.9 Å². The highest BCUT2D eigenvalue weighted by molar-refractivity contribution is 6.06. The molecule has 0 radical (unpaired) electrons. The number of benzene rings is 2. The quantitative estimate of drug-likeness (QED) is 0.568. The topological polar surface area (TPSA) is 88.8 Å². The number of rotatable bonds is 3. The van der Waals surface area contributed by atoms with Crippen LogP contribution in [0.5, 0.6) is 5.75 Å². The first-order chi connectivity index (χ1) is 11.5. The van der Waals surface area contributed by atoms with Gasteiger partial charge >= 0.3 is 5.97 Å². The average molecular weight is 325 g/mol. The highest BCUT2D eigenvalue weighted by Crippen LogP contribution is 2.29. The lowest BCUT2D eigenvalue weighted by Gasteiger charge is -2.08. The fraction of sp³-hybridized carbons (Fsp3) is 0.111. The number of aryl methyl sites for hydroxylation is 1. The highest BCUT2D eigenvalue weighted by atomic mass is 16.5. The first-order valence-corrected chi connectivity index (χ1v) is 7.21. The molecule has 6 heteroatoms. The SMILES string of the molecule is COC(=O)c1cccc(NC(=O)c2cc3cc(C)ccc3o2)c1O. The van der Waals surface area contributed by atoms with Gasteiger partial charge in [0.15, 0.2) is 11.5 Å². The van der Waals surface area contributed by atoms with Crippen molar-refractivity contribution >= 4 is 28.5 Å². The van der Waals surface area contributed by atoms with Crippen LogP contribution in [0.15, 0.2) is 46.9 Å².